The number of rotatable bonds is 8. The van der Waals surface area contributed by atoms with Crippen molar-refractivity contribution in [3.63, 3.8) is 0 Å². The Balaban J connectivity index is 1.54. The van der Waals surface area contributed by atoms with Crippen LogP contribution in [-0.4, -0.2) is 30.2 Å². The molecule has 2 rings (SSSR count). The lowest BCUT2D eigenvalue weighted by Gasteiger charge is -2.22. The zero-order chi connectivity index (χ0) is 14.9. The van der Waals surface area contributed by atoms with Crippen LogP contribution in [0.2, 0.25) is 0 Å². The fourth-order valence-electron chi connectivity index (χ4n) is 2.12. The quantitative estimate of drug-likeness (QED) is 0.415. The summed E-state index contributed by atoms with van der Waals surface area (Å²) in [6.45, 7) is 1.55. The van der Waals surface area contributed by atoms with Crippen LogP contribution in [0.3, 0.4) is 0 Å². The Bertz CT molecular complexity index is 432. The second-order valence-corrected chi connectivity index (χ2v) is 6.10. The Kier molecular flexibility index (Phi) is 6.99. The van der Waals surface area contributed by atoms with E-state index in [1.54, 1.807) is 12.1 Å². The van der Waals surface area contributed by atoms with E-state index in [-0.39, 0.29) is 16.9 Å². The Morgan fingerprint density at radius 2 is 2.14 bits per heavy atom. The summed E-state index contributed by atoms with van der Waals surface area (Å²) in [7, 11) is 0. The SMILES string of the molecule is O=[N+]([O-])c1ccc(CSCCCOC2CCCCO2)cc1. The second kappa shape index (κ2) is 9.02. The van der Waals surface area contributed by atoms with Gasteiger partial charge in [0.1, 0.15) is 0 Å². The molecule has 1 aliphatic rings. The highest BCUT2D eigenvalue weighted by Crippen LogP contribution is 2.18. The van der Waals surface area contributed by atoms with Crippen molar-refractivity contribution in [1.29, 1.82) is 0 Å². The summed E-state index contributed by atoms with van der Waals surface area (Å²) in [6, 6.07) is 6.74. The third-order valence-corrected chi connectivity index (χ3v) is 4.41. The van der Waals surface area contributed by atoms with E-state index in [4.69, 9.17) is 9.47 Å². The van der Waals surface area contributed by atoms with Gasteiger partial charge in [0.2, 0.25) is 0 Å². The van der Waals surface area contributed by atoms with Crippen LogP contribution < -0.4 is 0 Å². The van der Waals surface area contributed by atoms with Gasteiger partial charge in [0.15, 0.2) is 6.29 Å². The van der Waals surface area contributed by atoms with E-state index < -0.39 is 0 Å². The number of non-ortho nitro benzene ring substituents is 1. The Morgan fingerprint density at radius 1 is 1.33 bits per heavy atom. The van der Waals surface area contributed by atoms with Gasteiger partial charge in [-0.3, -0.25) is 10.1 Å². The largest absolute Gasteiger partial charge is 0.353 e. The predicted molar refractivity (Wildman–Crippen MR) is 83.4 cm³/mol. The summed E-state index contributed by atoms with van der Waals surface area (Å²) < 4.78 is 11.2. The van der Waals surface area contributed by atoms with E-state index in [0.717, 1.165) is 49.5 Å². The molecule has 6 heteroatoms. The first-order valence-corrected chi connectivity index (χ1v) is 8.45. The Hall–Kier alpha value is -1.11. The molecule has 0 bridgehead atoms. The minimum atomic E-state index is -0.373. The van der Waals surface area contributed by atoms with Crippen molar-refractivity contribution in [3.05, 3.63) is 39.9 Å². The van der Waals surface area contributed by atoms with E-state index in [1.165, 1.54) is 6.42 Å². The van der Waals surface area contributed by atoms with Crippen molar-refractivity contribution < 1.29 is 14.4 Å². The molecule has 0 aromatic heterocycles. The second-order valence-electron chi connectivity index (χ2n) is 5.00. The molecular formula is C15H21NO4S. The number of benzene rings is 1. The lowest BCUT2D eigenvalue weighted by Crippen LogP contribution is -2.22. The number of nitrogens with zero attached hydrogens (tertiary/aromatic N) is 1. The van der Waals surface area contributed by atoms with Crippen LogP contribution in [-0.2, 0) is 15.2 Å². The van der Waals surface area contributed by atoms with Crippen LogP contribution in [0.25, 0.3) is 0 Å². The molecule has 5 nitrogen and oxygen atoms in total. The van der Waals surface area contributed by atoms with Crippen LogP contribution in [0.15, 0.2) is 24.3 Å². The molecule has 21 heavy (non-hydrogen) atoms. The summed E-state index contributed by atoms with van der Waals surface area (Å²) in [5, 5.41) is 10.6. The molecule has 116 valence electrons. The molecule has 1 aromatic carbocycles. The first-order valence-electron chi connectivity index (χ1n) is 7.30. The molecule has 0 saturated carbocycles. The minimum absolute atomic E-state index is 0.00146. The molecule has 0 radical (unpaired) electrons. The predicted octanol–water partition coefficient (Wildman–Crippen LogP) is 3.76. The van der Waals surface area contributed by atoms with Gasteiger partial charge in [0.25, 0.3) is 5.69 Å². The maximum atomic E-state index is 10.6. The molecule has 0 aliphatic carbocycles. The van der Waals surface area contributed by atoms with Gasteiger partial charge >= 0.3 is 0 Å². The number of ether oxygens (including phenoxy) is 2. The molecule has 1 atom stereocenters. The fraction of sp³-hybridized carbons (Fsp3) is 0.600. The molecule has 1 aliphatic heterocycles. The van der Waals surface area contributed by atoms with E-state index in [2.05, 4.69) is 0 Å². The summed E-state index contributed by atoms with van der Waals surface area (Å²) in [5.74, 6) is 1.89. The van der Waals surface area contributed by atoms with Gasteiger partial charge < -0.3 is 9.47 Å². The van der Waals surface area contributed by atoms with Gasteiger partial charge in [0, 0.05) is 24.5 Å². The van der Waals surface area contributed by atoms with Gasteiger partial charge in [-0.1, -0.05) is 12.1 Å². The summed E-state index contributed by atoms with van der Waals surface area (Å²) in [4.78, 5) is 10.2. The Morgan fingerprint density at radius 3 is 2.81 bits per heavy atom. The van der Waals surface area contributed by atoms with Crippen molar-refractivity contribution in [1.82, 2.24) is 0 Å². The average Bonchev–Trinajstić information content (AvgIpc) is 2.52. The van der Waals surface area contributed by atoms with Crippen molar-refractivity contribution in [2.45, 2.75) is 37.7 Å². The molecule has 1 unspecified atom stereocenters. The highest BCUT2D eigenvalue weighted by molar-refractivity contribution is 7.98. The maximum Gasteiger partial charge on any atom is 0.269 e. The summed E-state index contributed by atoms with van der Waals surface area (Å²) >= 11 is 1.82. The van der Waals surface area contributed by atoms with E-state index in [0.29, 0.717) is 0 Å². The first-order chi connectivity index (χ1) is 10.3. The zero-order valence-corrected chi connectivity index (χ0v) is 12.8. The summed E-state index contributed by atoms with van der Waals surface area (Å²) in [6.07, 6.45) is 4.34. The molecule has 1 heterocycles. The lowest BCUT2D eigenvalue weighted by atomic mass is 10.2. The molecule has 1 saturated heterocycles. The van der Waals surface area contributed by atoms with Crippen LogP contribution in [0.4, 0.5) is 5.69 Å². The highest BCUT2D eigenvalue weighted by atomic mass is 32.2. The van der Waals surface area contributed by atoms with Gasteiger partial charge in [-0.25, -0.2) is 0 Å². The van der Waals surface area contributed by atoms with Crippen LogP contribution in [0.1, 0.15) is 31.2 Å². The molecule has 0 spiro atoms. The standard InChI is InChI=1S/C15H21NO4S/c17-16(18)14-7-5-13(6-8-14)12-21-11-3-10-20-15-4-1-2-9-19-15/h5-8,15H,1-4,9-12H2. The molecule has 1 fully saturated rings. The van der Waals surface area contributed by atoms with E-state index >= 15 is 0 Å². The van der Waals surface area contributed by atoms with Gasteiger partial charge in [-0.05, 0) is 37.0 Å². The van der Waals surface area contributed by atoms with Crippen molar-refractivity contribution >= 4 is 17.4 Å². The van der Waals surface area contributed by atoms with Crippen molar-refractivity contribution in [2.24, 2.45) is 0 Å². The highest BCUT2D eigenvalue weighted by Gasteiger charge is 2.13. The minimum Gasteiger partial charge on any atom is -0.353 e. The van der Waals surface area contributed by atoms with E-state index in [9.17, 15) is 10.1 Å². The number of hydrogen-bond acceptors (Lipinski definition) is 5. The van der Waals surface area contributed by atoms with Crippen molar-refractivity contribution in [2.75, 3.05) is 19.0 Å². The third-order valence-electron chi connectivity index (χ3n) is 3.29. The lowest BCUT2D eigenvalue weighted by molar-refractivity contribution is -0.384. The third kappa shape index (κ3) is 6.03. The Labute approximate surface area is 129 Å². The zero-order valence-electron chi connectivity index (χ0n) is 12.0. The van der Waals surface area contributed by atoms with Crippen LogP contribution >= 0.6 is 11.8 Å². The molecular weight excluding hydrogens is 290 g/mol. The number of nitro benzene ring substituents is 1. The monoisotopic (exact) mass is 311 g/mol. The van der Waals surface area contributed by atoms with Gasteiger partial charge in [0.05, 0.1) is 11.5 Å². The topological polar surface area (TPSA) is 61.6 Å². The average molecular weight is 311 g/mol. The summed E-state index contributed by atoms with van der Waals surface area (Å²) in [5.41, 5.74) is 1.26. The van der Waals surface area contributed by atoms with Gasteiger partial charge in [-0.15, -0.1) is 0 Å². The smallest absolute Gasteiger partial charge is 0.269 e. The normalized spacial score (nSPS) is 18.6. The number of hydrogen-bond donors (Lipinski definition) is 0. The van der Waals surface area contributed by atoms with Crippen molar-refractivity contribution in [3.8, 4) is 0 Å². The molecule has 1 aromatic rings. The molecule has 0 amide bonds. The van der Waals surface area contributed by atoms with Crippen LogP contribution in [0.5, 0.6) is 0 Å². The first kappa shape index (κ1) is 16.3. The maximum absolute atomic E-state index is 10.6. The van der Waals surface area contributed by atoms with E-state index in [1.807, 2.05) is 23.9 Å². The van der Waals surface area contributed by atoms with Gasteiger partial charge in [-0.2, -0.15) is 11.8 Å². The fourth-order valence-corrected chi connectivity index (χ4v) is 3.02. The number of thioether (sulfide) groups is 1. The van der Waals surface area contributed by atoms with Crippen LogP contribution in [0, 0.1) is 10.1 Å². The number of nitro groups is 1. The molecule has 0 N–H and O–H groups in total.